The Morgan fingerprint density at radius 1 is 0.955 bits per heavy atom. The van der Waals surface area contributed by atoms with E-state index >= 15 is 0 Å². The molecule has 0 aliphatic carbocycles. The van der Waals surface area contributed by atoms with E-state index < -0.39 is 0 Å². The van der Waals surface area contributed by atoms with Crippen molar-refractivity contribution in [3.8, 4) is 0 Å². The number of aromatic nitrogens is 2. The molecular weight excluding hydrogens is 546 g/mol. The van der Waals surface area contributed by atoms with Crippen LogP contribution in [0.25, 0.3) is 16.6 Å². The predicted molar refractivity (Wildman–Crippen MR) is 185 cm³/mol. The third-order valence-electron chi connectivity index (χ3n) is 9.14. The molecule has 1 atom stereocenters. The van der Waals surface area contributed by atoms with Crippen LogP contribution in [-0.4, -0.2) is 77.5 Å². The highest BCUT2D eigenvalue weighted by Crippen LogP contribution is 2.31. The Morgan fingerprint density at radius 2 is 1.70 bits per heavy atom. The van der Waals surface area contributed by atoms with Crippen LogP contribution in [0, 0.1) is 13.8 Å². The Morgan fingerprint density at radius 3 is 2.45 bits per heavy atom. The molecule has 0 bridgehead atoms. The number of aryl methyl sites for hydroxylation is 2. The van der Waals surface area contributed by atoms with Crippen LogP contribution in [0.5, 0.6) is 0 Å². The summed E-state index contributed by atoms with van der Waals surface area (Å²) in [6, 6.07) is 17.2. The Bertz CT molecular complexity index is 1670. The molecule has 0 unspecified atom stereocenters. The average Bonchev–Trinajstić information content (AvgIpc) is 3.74. The molecule has 3 aliphatic rings. The zero-order valence-electron chi connectivity index (χ0n) is 24.7. The maximum absolute atomic E-state index is 13.9. The van der Waals surface area contributed by atoms with Crippen LogP contribution in [0.4, 0.5) is 11.5 Å². The number of hydrogen-bond acceptors (Lipinski definition) is 6. The van der Waals surface area contributed by atoms with Crippen molar-refractivity contribution < 1.29 is 6.22 Å². The highest BCUT2D eigenvalue weighted by Gasteiger charge is 2.31. The van der Waals surface area contributed by atoms with Gasteiger partial charge in [-0.3, -0.25) is 9.69 Å². The lowest BCUT2D eigenvalue weighted by Crippen LogP contribution is -2.54. The summed E-state index contributed by atoms with van der Waals surface area (Å²) in [4.78, 5) is 31.3. The molecule has 0 radical (unpaired) electrons. The molecule has 8 heteroatoms. The number of benzene rings is 2. The van der Waals surface area contributed by atoms with E-state index in [1.54, 1.807) is 0 Å². The summed E-state index contributed by atoms with van der Waals surface area (Å²) in [5.41, 5.74) is 9.28. The summed E-state index contributed by atoms with van der Waals surface area (Å²) in [5.74, 6) is 1.10. The lowest BCUT2D eigenvalue weighted by atomic mass is 9.97. The smallest absolute Gasteiger partial charge is 0.254 e. The third kappa shape index (κ3) is 5.91. The summed E-state index contributed by atoms with van der Waals surface area (Å²) < 4.78 is 0. The van der Waals surface area contributed by atoms with Crippen molar-refractivity contribution in [1.29, 1.82) is 0 Å². The van der Waals surface area contributed by atoms with E-state index in [-0.39, 0.29) is 28.2 Å². The molecule has 3 aliphatic heterocycles. The summed E-state index contributed by atoms with van der Waals surface area (Å²) >= 11 is 0. The van der Waals surface area contributed by atoms with Crippen LogP contribution in [0.3, 0.4) is 0 Å². The number of carbonyl (C=O) groups is 1. The van der Waals surface area contributed by atoms with Crippen molar-refractivity contribution in [2.45, 2.75) is 48.2 Å². The highest BCUT2D eigenvalue weighted by atomic mass is 16.2. The number of fused-ring (bicyclic) bond motifs is 1. The Labute approximate surface area is 263 Å². The maximum atomic E-state index is 13.9. The van der Waals surface area contributed by atoms with E-state index in [4.69, 9.17) is 0 Å². The van der Waals surface area contributed by atoms with Crippen LogP contribution in [-0.2, 0) is 6.54 Å². The standard InChI is InChI=1S/C34H39N7O.2CH4.H2/c1-23-18-24(2)29(34(42)41-17-16-40(21-25(41)3)33-32-26(8-10-35-32)9-11-36-33)19-27(23)22-38-12-14-39(15-13-38)31-7-5-4-6-28(31)30-20-37-30;;;/h4-11,18-20,25,35,37H,12-17,21-22H2,1-3H3;2*1H4;1H/t25-;;;/m1.../s1. The van der Waals surface area contributed by atoms with E-state index in [0.717, 1.165) is 73.7 Å². The molecule has 2 fully saturated rings. The first-order valence-electron chi connectivity index (χ1n) is 15.1. The van der Waals surface area contributed by atoms with Gasteiger partial charge >= 0.3 is 0 Å². The fourth-order valence-electron chi connectivity index (χ4n) is 6.67. The molecule has 2 saturated heterocycles. The number of rotatable bonds is 6. The van der Waals surface area contributed by atoms with Gasteiger partial charge in [0.2, 0.25) is 0 Å². The van der Waals surface area contributed by atoms with Crippen molar-refractivity contribution in [2.24, 2.45) is 0 Å². The quantitative estimate of drug-likeness (QED) is 0.273. The van der Waals surface area contributed by atoms with Gasteiger partial charge in [-0.25, -0.2) is 4.98 Å². The largest absolute Gasteiger partial charge is 0.368 e. The first-order valence-corrected chi connectivity index (χ1v) is 15.1. The fraction of sp³-hybridized carbons (Fsp3) is 0.389. The molecule has 8 nitrogen and oxygen atoms in total. The maximum Gasteiger partial charge on any atom is 0.254 e. The van der Waals surface area contributed by atoms with E-state index in [1.165, 1.54) is 28.1 Å². The number of nitrogens with one attached hydrogen (secondary N) is 2. The number of para-hydroxylation sites is 1. The molecule has 2 aromatic heterocycles. The van der Waals surface area contributed by atoms with Crippen molar-refractivity contribution in [1.82, 2.24) is 25.1 Å². The monoisotopic (exact) mass is 595 g/mol. The van der Waals surface area contributed by atoms with Crippen LogP contribution >= 0.6 is 0 Å². The zero-order chi connectivity index (χ0) is 28.8. The number of carbonyl (C=O) groups excluding carboxylic acids is 1. The molecule has 234 valence electrons. The van der Waals surface area contributed by atoms with Crippen LogP contribution in [0.15, 0.2) is 67.1 Å². The molecule has 2 aromatic carbocycles. The number of hydrogen-bond donors (Lipinski definition) is 2. The van der Waals surface area contributed by atoms with Gasteiger partial charge in [-0.15, -0.1) is 0 Å². The predicted octanol–water partition coefficient (Wildman–Crippen LogP) is 6.27. The number of anilines is 2. The second-order valence-corrected chi connectivity index (χ2v) is 11.9. The topological polar surface area (TPSA) is 80.7 Å². The van der Waals surface area contributed by atoms with Crippen molar-refractivity contribution in [3.63, 3.8) is 0 Å². The SMILES string of the molecule is C.C.Cc1cc(C)c(C(=O)N2CCN(c3nccc4cc[nH]c34)C[C@H]2C)cc1CN1CCN(c2ccccc2C2=CN2)CC1.[HH]. The minimum absolute atomic E-state index is 0. The molecule has 0 saturated carbocycles. The first-order chi connectivity index (χ1) is 20.5. The van der Waals surface area contributed by atoms with Gasteiger partial charge in [0.15, 0.2) is 5.82 Å². The lowest BCUT2D eigenvalue weighted by molar-refractivity contribution is 0.0673. The Hall–Kier alpha value is -4.30. The minimum Gasteiger partial charge on any atom is -0.368 e. The number of aromatic amines is 1. The lowest BCUT2D eigenvalue weighted by Gasteiger charge is -2.41. The van der Waals surface area contributed by atoms with E-state index in [1.807, 2.05) is 23.4 Å². The van der Waals surface area contributed by atoms with Gasteiger partial charge in [0.1, 0.15) is 0 Å². The van der Waals surface area contributed by atoms with Gasteiger partial charge < -0.3 is 25.0 Å². The number of H-pyrrole nitrogens is 1. The highest BCUT2D eigenvalue weighted by molar-refractivity contribution is 5.96. The average molecular weight is 596 g/mol. The second-order valence-electron chi connectivity index (χ2n) is 11.9. The molecule has 7 rings (SSSR count). The first kappa shape index (κ1) is 31.1. The van der Waals surface area contributed by atoms with Crippen molar-refractivity contribution in [3.05, 3.63) is 94.9 Å². The van der Waals surface area contributed by atoms with Crippen molar-refractivity contribution >= 4 is 34.0 Å². The van der Waals surface area contributed by atoms with E-state index in [9.17, 15) is 4.79 Å². The van der Waals surface area contributed by atoms with Crippen LogP contribution in [0.1, 0.15) is 55.8 Å². The molecule has 1 amide bonds. The number of pyridine rings is 1. The van der Waals surface area contributed by atoms with Gasteiger partial charge in [-0.05, 0) is 61.7 Å². The number of nitrogens with zero attached hydrogens (tertiary/aromatic N) is 5. The molecular formula is C36H49N7O. The molecule has 0 spiro atoms. The van der Waals surface area contributed by atoms with Crippen LogP contribution in [0.2, 0.25) is 0 Å². The molecule has 2 N–H and O–H groups in total. The fourth-order valence-corrected chi connectivity index (χ4v) is 6.67. The molecule has 44 heavy (non-hydrogen) atoms. The van der Waals surface area contributed by atoms with Gasteiger partial charge in [0.25, 0.3) is 5.91 Å². The number of piperazine rings is 2. The molecule has 5 heterocycles. The van der Waals surface area contributed by atoms with Gasteiger partial charge in [0.05, 0.1) is 11.2 Å². The summed E-state index contributed by atoms with van der Waals surface area (Å²) in [6.45, 7) is 13.4. The van der Waals surface area contributed by atoms with Crippen molar-refractivity contribution in [2.75, 3.05) is 55.6 Å². The normalized spacial score (nSPS) is 18.3. The molecule has 4 aromatic rings. The number of amides is 1. The van der Waals surface area contributed by atoms with Gasteiger partial charge in [-0.2, -0.15) is 0 Å². The Kier molecular flexibility index (Phi) is 9.02. The Balaban J connectivity index is 0.00000154. The third-order valence-corrected chi connectivity index (χ3v) is 9.14. The zero-order valence-corrected chi connectivity index (χ0v) is 24.7. The second kappa shape index (κ2) is 12.7. The van der Waals surface area contributed by atoms with Gasteiger partial charge in [-0.1, -0.05) is 39.1 Å². The minimum atomic E-state index is 0. The van der Waals surface area contributed by atoms with E-state index in [2.05, 4.69) is 99.4 Å². The summed E-state index contributed by atoms with van der Waals surface area (Å²) in [5, 5.41) is 4.42. The van der Waals surface area contributed by atoms with Gasteiger partial charge in [0, 0.05) is 101 Å². The van der Waals surface area contributed by atoms with Crippen LogP contribution < -0.4 is 15.1 Å². The summed E-state index contributed by atoms with van der Waals surface area (Å²) in [7, 11) is 0. The van der Waals surface area contributed by atoms with E-state index in [0.29, 0.717) is 6.54 Å². The summed E-state index contributed by atoms with van der Waals surface area (Å²) in [6.07, 6.45) is 5.89.